The summed E-state index contributed by atoms with van der Waals surface area (Å²) in [6, 6.07) is 4.80. The van der Waals surface area contributed by atoms with Crippen LogP contribution in [0.2, 0.25) is 5.02 Å². The van der Waals surface area contributed by atoms with Crippen LogP contribution in [0.4, 0.5) is 5.69 Å². The van der Waals surface area contributed by atoms with Crippen LogP contribution in [0.1, 0.15) is 0 Å². The molecule has 7 heteroatoms. The molecule has 0 aliphatic heterocycles. The first-order valence-corrected chi connectivity index (χ1v) is 5.48. The van der Waals surface area contributed by atoms with Crippen molar-refractivity contribution in [1.29, 1.82) is 0 Å². The predicted molar refractivity (Wildman–Crippen MR) is 60.8 cm³/mol. The van der Waals surface area contributed by atoms with Crippen molar-refractivity contribution < 1.29 is 4.92 Å². The number of nitro benzene ring substituents is 1. The highest BCUT2D eigenvalue weighted by Gasteiger charge is 2.19. The van der Waals surface area contributed by atoms with Crippen LogP contribution >= 0.6 is 23.4 Å². The summed E-state index contributed by atoms with van der Waals surface area (Å²) in [5.41, 5.74) is -0.0921. The lowest BCUT2D eigenvalue weighted by molar-refractivity contribution is -0.387. The zero-order valence-corrected chi connectivity index (χ0v) is 9.46. The Morgan fingerprint density at radius 3 is 2.94 bits per heavy atom. The van der Waals surface area contributed by atoms with Crippen LogP contribution in [0, 0.1) is 10.1 Å². The summed E-state index contributed by atoms with van der Waals surface area (Å²) in [5.74, 6) is 0. The molecule has 5 nitrogen and oxygen atoms in total. The third-order valence-corrected chi connectivity index (χ3v) is 3.08. The number of aromatic amines is 1. The quantitative estimate of drug-likeness (QED) is 0.676. The number of benzene rings is 1. The van der Waals surface area contributed by atoms with Gasteiger partial charge in [0.05, 0.1) is 9.82 Å². The molecule has 0 atom stereocenters. The minimum absolute atomic E-state index is 0.0921. The van der Waals surface area contributed by atoms with Crippen molar-refractivity contribution in [2.75, 3.05) is 0 Å². The number of H-pyrrole nitrogens is 1. The summed E-state index contributed by atoms with van der Waals surface area (Å²) in [6.07, 6.45) is 3.23. The van der Waals surface area contributed by atoms with Crippen LogP contribution in [0.5, 0.6) is 0 Å². The highest BCUT2D eigenvalue weighted by Crippen LogP contribution is 2.37. The molecule has 0 saturated carbocycles. The fraction of sp³-hybridized carbons (Fsp3) is 0. The van der Waals surface area contributed by atoms with Crippen molar-refractivity contribution in [1.82, 2.24) is 9.97 Å². The molecular weight excluding hydrogens is 250 g/mol. The fourth-order valence-corrected chi connectivity index (χ4v) is 2.34. The molecule has 0 saturated heterocycles. The van der Waals surface area contributed by atoms with E-state index >= 15 is 0 Å². The van der Waals surface area contributed by atoms with Gasteiger partial charge in [0.2, 0.25) is 0 Å². The smallest absolute Gasteiger partial charge is 0.301 e. The van der Waals surface area contributed by atoms with Crippen LogP contribution in [-0.4, -0.2) is 14.9 Å². The maximum atomic E-state index is 10.8. The number of para-hydroxylation sites is 1. The van der Waals surface area contributed by atoms with E-state index in [-0.39, 0.29) is 10.7 Å². The third-order valence-electron chi connectivity index (χ3n) is 1.81. The highest BCUT2D eigenvalue weighted by atomic mass is 35.5. The summed E-state index contributed by atoms with van der Waals surface area (Å²) >= 11 is 6.95. The van der Waals surface area contributed by atoms with Crippen LogP contribution in [-0.2, 0) is 0 Å². The number of hydrogen-bond acceptors (Lipinski definition) is 4. The van der Waals surface area contributed by atoms with Crippen LogP contribution < -0.4 is 0 Å². The Hall–Kier alpha value is -1.53. The van der Waals surface area contributed by atoms with Gasteiger partial charge in [0.1, 0.15) is 5.02 Å². The molecule has 2 rings (SSSR count). The second kappa shape index (κ2) is 4.54. The fourth-order valence-electron chi connectivity index (χ4n) is 1.17. The van der Waals surface area contributed by atoms with Crippen molar-refractivity contribution in [2.45, 2.75) is 10.1 Å². The van der Waals surface area contributed by atoms with E-state index in [4.69, 9.17) is 11.6 Å². The molecule has 1 N–H and O–H groups in total. The third kappa shape index (κ3) is 2.17. The molecular formula is C9H6ClN3O2S. The van der Waals surface area contributed by atoms with Crippen molar-refractivity contribution in [2.24, 2.45) is 0 Å². The summed E-state index contributed by atoms with van der Waals surface area (Å²) in [4.78, 5) is 17.7. The van der Waals surface area contributed by atoms with E-state index in [2.05, 4.69) is 9.97 Å². The minimum atomic E-state index is -0.492. The van der Waals surface area contributed by atoms with E-state index in [0.29, 0.717) is 10.1 Å². The van der Waals surface area contributed by atoms with Gasteiger partial charge in [0.25, 0.3) is 0 Å². The zero-order valence-electron chi connectivity index (χ0n) is 7.88. The first-order valence-electron chi connectivity index (χ1n) is 4.28. The van der Waals surface area contributed by atoms with Gasteiger partial charge in [0, 0.05) is 12.4 Å². The van der Waals surface area contributed by atoms with E-state index < -0.39 is 4.92 Å². The van der Waals surface area contributed by atoms with Gasteiger partial charge < -0.3 is 4.98 Å². The van der Waals surface area contributed by atoms with Crippen LogP contribution in [0.25, 0.3) is 0 Å². The predicted octanol–water partition coefficient (Wildman–Crippen LogP) is 3.12. The number of nitrogens with one attached hydrogen (secondary N) is 1. The molecule has 1 aromatic carbocycles. The number of halogens is 1. The molecule has 0 aliphatic carbocycles. The highest BCUT2D eigenvalue weighted by molar-refractivity contribution is 7.99. The van der Waals surface area contributed by atoms with Gasteiger partial charge in [-0.25, -0.2) is 4.98 Å². The van der Waals surface area contributed by atoms with Crippen LogP contribution in [0.3, 0.4) is 0 Å². The van der Waals surface area contributed by atoms with E-state index in [1.54, 1.807) is 24.5 Å². The van der Waals surface area contributed by atoms with Crippen molar-refractivity contribution in [3.63, 3.8) is 0 Å². The summed E-state index contributed by atoms with van der Waals surface area (Å²) in [6.45, 7) is 0. The molecule has 2 aromatic rings. The monoisotopic (exact) mass is 255 g/mol. The van der Waals surface area contributed by atoms with E-state index in [1.165, 1.54) is 17.8 Å². The normalized spacial score (nSPS) is 10.3. The van der Waals surface area contributed by atoms with Gasteiger partial charge in [0.15, 0.2) is 5.16 Å². The standard InChI is InChI=1S/C9H6ClN3O2S/c10-6-2-1-3-7(8(6)13(14)15)16-9-11-4-5-12-9/h1-5H,(H,11,12). The molecule has 16 heavy (non-hydrogen) atoms. The second-order valence-electron chi connectivity index (χ2n) is 2.84. The molecule has 1 aromatic heterocycles. The average molecular weight is 256 g/mol. The summed E-state index contributed by atoms with van der Waals surface area (Å²) in [5, 5.41) is 11.6. The number of imidazole rings is 1. The SMILES string of the molecule is O=[N+]([O-])c1c(Cl)cccc1Sc1ncc[nH]1. The number of nitro groups is 1. The maximum Gasteiger partial charge on any atom is 0.301 e. The van der Waals surface area contributed by atoms with Crippen molar-refractivity contribution >= 4 is 29.1 Å². The van der Waals surface area contributed by atoms with Gasteiger partial charge in [-0.15, -0.1) is 0 Å². The van der Waals surface area contributed by atoms with Gasteiger partial charge in [-0.1, -0.05) is 17.7 Å². The van der Waals surface area contributed by atoms with Crippen molar-refractivity contribution in [3.8, 4) is 0 Å². The summed E-state index contributed by atoms with van der Waals surface area (Å²) in [7, 11) is 0. The lowest BCUT2D eigenvalue weighted by Gasteiger charge is -2.01. The van der Waals surface area contributed by atoms with Gasteiger partial charge in [-0.2, -0.15) is 0 Å². The minimum Gasteiger partial charge on any atom is -0.339 e. The van der Waals surface area contributed by atoms with E-state index in [9.17, 15) is 10.1 Å². The number of rotatable bonds is 3. The van der Waals surface area contributed by atoms with Gasteiger partial charge in [-0.3, -0.25) is 10.1 Å². The molecule has 0 radical (unpaired) electrons. The summed E-state index contributed by atoms with van der Waals surface area (Å²) < 4.78 is 0. The molecule has 0 spiro atoms. The Morgan fingerprint density at radius 2 is 2.31 bits per heavy atom. The Bertz CT molecular complexity index is 515. The average Bonchev–Trinajstić information content (AvgIpc) is 2.70. The first-order chi connectivity index (χ1) is 7.68. The number of aromatic nitrogens is 2. The molecule has 0 unspecified atom stereocenters. The Morgan fingerprint density at radius 1 is 1.50 bits per heavy atom. The van der Waals surface area contributed by atoms with E-state index in [0.717, 1.165) is 0 Å². The maximum absolute atomic E-state index is 10.8. The lowest BCUT2D eigenvalue weighted by Crippen LogP contribution is -1.92. The number of nitrogens with zero attached hydrogens (tertiary/aromatic N) is 2. The Labute approximate surface area is 100.0 Å². The molecule has 0 amide bonds. The Balaban J connectivity index is 2.40. The van der Waals surface area contributed by atoms with E-state index in [1.807, 2.05) is 0 Å². The molecule has 0 aliphatic rings. The molecule has 82 valence electrons. The van der Waals surface area contributed by atoms with Crippen molar-refractivity contribution in [3.05, 3.63) is 45.7 Å². The molecule has 0 fully saturated rings. The molecule has 0 bridgehead atoms. The van der Waals surface area contributed by atoms with Gasteiger partial charge >= 0.3 is 5.69 Å². The largest absolute Gasteiger partial charge is 0.339 e. The lowest BCUT2D eigenvalue weighted by atomic mass is 10.3. The molecule has 1 heterocycles. The topological polar surface area (TPSA) is 71.8 Å². The van der Waals surface area contributed by atoms with Crippen LogP contribution in [0.15, 0.2) is 40.6 Å². The zero-order chi connectivity index (χ0) is 11.5. The second-order valence-corrected chi connectivity index (χ2v) is 4.28. The number of hydrogen-bond donors (Lipinski definition) is 1. The van der Waals surface area contributed by atoms with Gasteiger partial charge in [-0.05, 0) is 23.9 Å². The Kier molecular flexibility index (Phi) is 3.12. The first kappa shape index (κ1) is 11.0.